The quantitative estimate of drug-likeness (QED) is 0.897. The lowest BCUT2D eigenvalue weighted by molar-refractivity contribution is -0.0777. The average Bonchev–Trinajstić information content (AvgIpc) is 2.87. The van der Waals surface area contributed by atoms with Gasteiger partial charge < -0.3 is 9.84 Å². The topological polar surface area (TPSA) is 59.4 Å². The van der Waals surface area contributed by atoms with Crippen molar-refractivity contribution >= 4 is 17.3 Å². The Morgan fingerprint density at radius 2 is 2.10 bits per heavy atom. The smallest absolute Gasteiger partial charge is 0.347 e. The summed E-state index contributed by atoms with van der Waals surface area (Å²) in [6.45, 7) is 6.84. The molecular weight excluding hydrogens is 274 g/mol. The summed E-state index contributed by atoms with van der Waals surface area (Å²) in [5.41, 5.74) is 0.332. The minimum atomic E-state index is -0.874. The molecule has 0 aromatic carbocycles. The summed E-state index contributed by atoms with van der Waals surface area (Å²) in [7, 11) is 0. The van der Waals surface area contributed by atoms with Crippen LogP contribution in [-0.4, -0.2) is 22.7 Å². The molecule has 20 heavy (non-hydrogen) atoms. The Kier molecular flexibility index (Phi) is 4.81. The molecule has 0 unspecified atom stereocenters. The van der Waals surface area contributed by atoms with Gasteiger partial charge >= 0.3 is 5.97 Å². The van der Waals surface area contributed by atoms with E-state index in [0.717, 1.165) is 30.7 Å². The molecule has 1 saturated carbocycles. The van der Waals surface area contributed by atoms with E-state index in [-0.39, 0.29) is 5.60 Å². The van der Waals surface area contributed by atoms with E-state index in [9.17, 15) is 9.90 Å². The van der Waals surface area contributed by atoms with Crippen molar-refractivity contribution in [3.63, 3.8) is 0 Å². The molecule has 0 spiro atoms. The number of aryl methyl sites for hydroxylation is 1. The second-order valence-electron chi connectivity index (χ2n) is 5.56. The van der Waals surface area contributed by atoms with Crippen LogP contribution in [-0.2, 0) is 16.8 Å². The molecule has 1 aliphatic carbocycles. The summed E-state index contributed by atoms with van der Waals surface area (Å²) in [6, 6.07) is 0. The van der Waals surface area contributed by atoms with Crippen LogP contribution in [0.4, 0.5) is 0 Å². The van der Waals surface area contributed by atoms with Crippen LogP contribution >= 0.6 is 11.3 Å². The fraction of sp³-hybridized carbons (Fsp3) is 0.733. The number of ether oxygens (including phenoxy) is 1. The number of hydrogen-bond donors (Lipinski definition) is 1. The second-order valence-corrected chi connectivity index (χ2v) is 6.56. The van der Waals surface area contributed by atoms with Crippen molar-refractivity contribution in [3.05, 3.63) is 15.6 Å². The standard InChI is InChI=1S/C15H23NO3S/c1-4-11-12(13(17)18)20-14(16-11)15(19-5-2)8-6-10(3)7-9-15/h10H,4-9H2,1-3H3,(H,17,18). The largest absolute Gasteiger partial charge is 0.477 e. The number of aromatic carboxylic acids is 1. The molecule has 0 atom stereocenters. The minimum Gasteiger partial charge on any atom is -0.477 e. The zero-order valence-electron chi connectivity index (χ0n) is 12.4. The van der Waals surface area contributed by atoms with Crippen LogP contribution in [0.5, 0.6) is 0 Å². The zero-order chi connectivity index (χ0) is 14.8. The maximum Gasteiger partial charge on any atom is 0.347 e. The van der Waals surface area contributed by atoms with E-state index in [1.165, 1.54) is 11.3 Å². The maximum absolute atomic E-state index is 11.3. The van der Waals surface area contributed by atoms with Gasteiger partial charge in [0, 0.05) is 6.61 Å². The Morgan fingerprint density at radius 3 is 2.55 bits per heavy atom. The molecule has 112 valence electrons. The Bertz CT molecular complexity index is 475. The van der Waals surface area contributed by atoms with Crippen LogP contribution in [0.15, 0.2) is 0 Å². The maximum atomic E-state index is 11.3. The van der Waals surface area contributed by atoms with Crippen molar-refractivity contribution in [3.8, 4) is 0 Å². The van der Waals surface area contributed by atoms with Crippen LogP contribution in [0.2, 0.25) is 0 Å². The molecule has 0 amide bonds. The van der Waals surface area contributed by atoms with E-state index in [4.69, 9.17) is 4.74 Å². The zero-order valence-corrected chi connectivity index (χ0v) is 13.3. The normalized spacial score (nSPS) is 26.6. The third-order valence-electron chi connectivity index (χ3n) is 4.12. The first-order valence-corrected chi connectivity index (χ1v) is 8.21. The van der Waals surface area contributed by atoms with Gasteiger partial charge in [0.05, 0.1) is 5.69 Å². The summed E-state index contributed by atoms with van der Waals surface area (Å²) < 4.78 is 6.05. The lowest BCUT2D eigenvalue weighted by Crippen LogP contribution is -2.34. The Morgan fingerprint density at radius 1 is 1.45 bits per heavy atom. The van der Waals surface area contributed by atoms with E-state index >= 15 is 0 Å². The molecule has 0 aliphatic heterocycles. The monoisotopic (exact) mass is 297 g/mol. The first-order chi connectivity index (χ1) is 9.52. The molecule has 5 heteroatoms. The van der Waals surface area contributed by atoms with Crippen molar-refractivity contribution < 1.29 is 14.6 Å². The molecule has 0 saturated heterocycles. The van der Waals surface area contributed by atoms with Gasteiger partial charge in [0.1, 0.15) is 15.5 Å². The molecule has 1 aliphatic rings. The summed E-state index contributed by atoms with van der Waals surface area (Å²) >= 11 is 1.30. The fourth-order valence-corrected chi connectivity index (χ4v) is 4.07. The molecule has 1 heterocycles. The highest BCUT2D eigenvalue weighted by Gasteiger charge is 2.40. The van der Waals surface area contributed by atoms with Gasteiger partial charge in [0.2, 0.25) is 0 Å². The van der Waals surface area contributed by atoms with Crippen LogP contribution in [0.25, 0.3) is 0 Å². The molecule has 1 aromatic rings. The van der Waals surface area contributed by atoms with Crippen molar-refractivity contribution in [1.29, 1.82) is 0 Å². The van der Waals surface area contributed by atoms with Crippen molar-refractivity contribution in [2.45, 2.75) is 58.5 Å². The summed E-state index contributed by atoms with van der Waals surface area (Å²) in [6.07, 6.45) is 4.76. The van der Waals surface area contributed by atoms with Gasteiger partial charge in [-0.3, -0.25) is 0 Å². The predicted molar refractivity (Wildman–Crippen MR) is 79.4 cm³/mol. The lowest BCUT2D eigenvalue weighted by Gasteiger charge is -2.37. The van der Waals surface area contributed by atoms with Crippen LogP contribution in [0.1, 0.15) is 66.8 Å². The highest BCUT2D eigenvalue weighted by Crippen LogP contribution is 2.44. The second kappa shape index (κ2) is 6.22. The van der Waals surface area contributed by atoms with Crippen LogP contribution < -0.4 is 0 Å². The van der Waals surface area contributed by atoms with E-state index in [2.05, 4.69) is 11.9 Å². The highest BCUT2D eigenvalue weighted by molar-refractivity contribution is 7.13. The molecule has 1 aromatic heterocycles. The molecule has 0 radical (unpaired) electrons. The number of carboxylic acid groups (broad SMARTS) is 1. The van der Waals surface area contributed by atoms with E-state index in [1.54, 1.807) is 0 Å². The number of carboxylic acids is 1. The van der Waals surface area contributed by atoms with Gasteiger partial charge in [-0.15, -0.1) is 11.3 Å². The highest BCUT2D eigenvalue weighted by atomic mass is 32.1. The van der Waals surface area contributed by atoms with Crippen LogP contribution in [0, 0.1) is 5.92 Å². The van der Waals surface area contributed by atoms with E-state index in [1.807, 2.05) is 13.8 Å². The third-order valence-corrected chi connectivity index (χ3v) is 5.39. The number of rotatable bonds is 5. The fourth-order valence-electron chi connectivity index (χ4n) is 2.88. The molecular formula is C15H23NO3S. The summed E-state index contributed by atoms with van der Waals surface area (Å²) in [5, 5.41) is 10.2. The Balaban J connectivity index is 2.37. The number of thiazole rings is 1. The first-order valence-electron chi connectivity index (χ1n) is 7.39. The van der Waals surface area contributed by atoms with Gasteiger partial charge in [0.15, 0.2) is 0 Å². The van der Waals surface area contributed by atoms with Crippen molar-refractivity contribution in [2.24, 2.45) is 5.92 Å². The van der Waals surface area contributed by atoms with Gasteiger partial charge in [-0.25, -0.2) is 9.78 Å². The van der Waals surface area contributed by atoms with E-state index in [0.29, 0.717) is 29.5 Å². The lowest BCUT2D eigenvalue weighted by atomic mass is 9.79. The van der Waals surface area contributed by atoms with Gasteiger partial charge in [-0.1, -0.05) is 13.8 Å². The number of carbonyl (C=O) groups is 1. The van der Waals surface area contributed by atoms with E-state index < -0.39 is 5.97 Å². The van der Waals surface area contributed by atoms with Crippen LogP contribution in [0.3, 0.4) is 0 Å². The number of nitrogens with zero attached hydrogens (tertiary/aromatic N) is 1. The average molecular weight is 297 g/mol. The third kappa shape index (κ3) is 2.88. The van der Waals surface area contributed by atoms with Gasteiger partial charge in [0.25, 0.3) is 0 Å². The van der Waals surface area contributed by atoms with Gasteiger partial charge in [-0.05, 0) is 44.9 Å². The Hall–Kier alpha value is -0.940. The molecule has 1 N–H and O–H groups in total. The molecule has 0 bridgehead atoms. The number of aromatic nitrogens is 1. The number of hydrogen-bond acceptors (Lipinski definition) is 4. The van der Waals surface area contributed by atoms with Crippen molar-refractivity contribution in [2.75, 3.05) is 6.61 Å². The molecule has 1 fully saturated rings. The Labute approximate surface area is 124 Å². The van der Waals surface area contributed by atoms with Crippen molar-refractivity contribution in [1.82, 2.24) is 4.98 Å². The first kappa shape index (κ1) is 15.4. The summed E-state index contributed by atoms with van der Waals surface area (Å²) in [4.78, 5) is 16.3. The minimum absolute atomic E-state index is 0.358. The molecule has 4 nitrogen and oxygen atoms in total. The molecule has 2 rings (SSSR count). The SMILES string of the molecule is CCOC1(c2nc(CC)c(C(=O)O)s2)CCC(C)CC1. The van der Waals surface area contributed by atoms with Gasteiger partial charge in [-0.2, -0.15) is 0 Å². The predicted octanol–water partition coefficient (Wildman–Crippen LogP) is 3.85. The summed E-state index contributed by atoms with van der Waals surface area (Å²) in [5.74, 6) is -0.158.